The minimum absolute atomic E-state index is 0.175. The van der Waals surface area contributed by atoms with Gasteiger partial charge in [0, 0.05) is 26.0 Å². The van der Waals surface area contributed by atoms with Crippen molar-refractivity contribution in [1.29, 1.82) is 0 Å². The smallest absolute Gasteiger partial charge is 0.389 e. The summed E-state index contributed by atoms with van der Waals surface area (Å²) in [5.74, 6) is -1.32. The lowest BCUT2D eigenvalue weighted by Crippen LogP contribution is -2.46. The van der Waals surface area contributed by atoms with Gasteiger partial charge < -0.3 is 20.8 Å². The van der Waals surface area contributed by atoms with Crippen LogP contribution in [-0.4, -0.2) is 47.6 Å². The molecule has 0 bridgehead atoms. The van der Waals surface area contributed by atoms with Crippen LogP contribution >= 0.6 is 0 Å². The highest BCUT2D eigenvalue weighted by atomic mass is 19.4. The number of aliphatic carboxylic acids is 1. The average molecular weight is 272 g/mol. The molecule has 18 heavy (non-hydrogen) atoms. The predicted octanol–water partition coefficient (Wildman–Crippen LogP) is 0.464. The van der Waals surface area contributed by atoms with E-state index >= 15 is 0 Å². The molecule has 0 aromatic carbocycles. The summed E-state index contributed by atoms with van der Waals surface area (Å²) in [4.78, 5) is 21.7. The summed E-state index contributed by atoms with van der Waals surface area (Å²) in [6.07, 6.45) is -5.76. The Morgan fingerprint density at radius 1 is 1.28 bits per heavy atom. The van der Waals surface area contributed by atoms with Crippen molar-refractivity contribution in [2.24, 2.45) is 0 Å². The number of amides is 2. The molecule has 0 heterocycles. The van der Waals surface area contributed by atoms with Gasteiger partial charge in [0.15, 0.2) is 0 Å². The van der Waals surface area contributed by atoms with Crippen molar-refractivity contribution in [2.45, 2.75) is 31.5 Å². The number of carboxylic acid groups (broad SMARTS) is 1. The number of urea groups is 1. The molecule has 0 aromatic heterocycles. The molecule has 0 spiro atoms. The topological polar surface area (TPSA) is 98.7 Å². The van der Waals surface area contributed by atoms with Gasteiger partial charge >= 0.3 is 18.2 Å². The third kappa shape index (κ3) is 8.62. The fraction of sp³-hybridized carbons (Fsp3) is 0.778. The Morgan fingerprint density at radius 3 is 2.33 bits per heavy atom. The zero-order valence-corrected chi connectivity index (χ0v) is 9.46. The van der Waals surface area contributed by atoms with Crippen molar-refractivity contribution >= 4 is 12.0 Å². The number of hydrogen-bond donors (Lipinski definition) is 4. The molecule has 2 amide bonds. The molecule has 0 unspecified atom stereocenters. The fourth-order valence-corrected chi connectivity index (χ4v) is 1.09. The van der Waals surface area contributed by atoms with Crippen molar-refractivity contribution in [3.63, 3.8) is 0 Å². The van der Waals surface area contributed by atoms with Gasteiger partial charge in [-0.1, -0.05) is 0 Å². The van der Waals surface area contributed by atoms with Crippen LogP contribution in [0.15, 0.2) is 0 Å². The van der Waals surface area contributed by atoms with E-state index < -0.39 is 37.2 Å². The van der Waals surface area contributed by atoms with Gasteiger partial charge in [-0.05, 0) is 6.42 Å². The highest BCUT2D eigenvalue weighted by Gasteiger charge is 2.26. The quantitative estimate of drug-likeness (QED) is 0.506. The molecular formula is C9H15F3N2O4. The second-order valence-electron chi connectivity index (χ2n) is 3.52. The summed E-state index contributed by atoms with van der Waals surface area (Å²) >= 11 is 0. The zero-order valence-electron chi connectivity index (χ0n) is 9.46. The molecular weight excluding hydrogens is 257 g/mol. The maximum absolute atomic E-state index is 11.8. The number of carbonyl (C=O) groups excluding carboxylic acids is 1. The van der Waals surface area contributed by atoms with Gasteiger partial charge in [-0.2, -0.15) is 13.2 Å². The van der Waals surface area contributed by atoms with Crippen LogP contribution in [-0.2, 0) is 4.79 Å². The molecule has 0 aliphatic heterocycles. The Balaban J connectivity index is 3.85. The van der Waals surface area contributed by atoms with E-state index in [1.807, 2.05) is 5.32 Å². The normalized spacial score (nSPS) is 12.9. The minimum Gasteiger partial charge on any atom is -0.480 e. The molecule has 9 heteroatoms. The first kappa shape index (κ1) is 16.5. The van der Waals surface area contributed by atoms with Gasteiger partial charge in [-0.15, -0.1) is 0 Å². The summed E-state index contributed by atoms with van der Waals surface area (Å²) in [6.45, 7) is -0.637. The highest BCUT2D eigenvalue weighted by Crippen LogP contribution is 2.20. The van der Waals surface area contributed by atoms with Crippen molar-refractivity contribution in [1.82, 2.24) is 10.6 Å². The van der Waals surface area contributed by atoms with E-state index in [0.717, 1.165) is 0 Å². The molecule has 0 saturated carbocycles. The maximum atomic E-state index is 11.8. The number of carbonyl (C=O) groups is 2. The van der Waals surface area contributed by atoms with Crippen LogP contribution in [0.2, 0.25) is 0 Å². The molecule has 0 aliphatic rings. The first-order valence-corrected chi connectivity index (χ1v) is 5.21. The van der Waals surface area contributed by atoms with Gasteiger partial charge in [-0.25, -0.2) is 9.59 Å². The largest absolute Gasteiger partial charge is 0.480 e. The molecule has 0 fully saturated rings. The Bertz CT molecular complexity index is 283. The Morgan fingerprint density at radius 2 is 1.89 bits per heavy atom. The van der Waals surface area contributed by atoms with E-state index in [-0.39, 0.29) is 19.4 Å². The number of carboxylic acids is 1. The van der Waals surface area contributed by atoms with Crippen molar-refractivity contribution in [3.8, 4) is 0 Å². The summed E-state index contributed by atoms with van der Waals surface area (Å²) < 4.78 is 35.3. The van der Waals surface area contributed by atoms with E-state index in [9.17, 15) is 22.8 Å². The third-order valence-corrected chi connectivity index (χ3v) is 1.94. The van der Waals surface area contributed by atoms with E-state index in [1.54, 1.807) is 0 Å². The summed E-state index contributed by atoms with van der Waals surface area (Å²) in [7, 11) is 0. The van der Waals surface area contributed by atoms with Gasteiger partial charge in [0.25, 0.3) is 0 Å². The van der Waals surface area contributed by atoms with Crippen LogP contribution in [0, 0.1) is 0 Å². The standard InChI is InChI=1S/C9H15F3N2O4/c10-9(11,12)3-1-4-13-8(18)14-6(2-5-15)7(16)17/h6,15H,1-5H2,(H,16,17)(H2,13,14,18)/t6-/m0/s1. The number of hydrogen-bond acceptors (Lipinski definition) is 3. The summed E-state index contributed by atoms with van der Waals surface area (Å²) in [5, 5.41) is 21.3. The van der Waals surface area contributed by atoms with E-state index in [2.05, 4.69) is 5.32 Å². The number of halogens is 3. The van der Waals surface area contributed by atoms with E-state index in [1.165, 1.54) is 0 Å². The molecule has 0 radical (unpaired) electrons. The van der Waals surface area contributed by atoms with Crippen LogP contribution in [0.1, 0.15) is 19.3 Å². The summed E-state index contributed by atoms with van der Waals surface area (Å²) in [5.41, 5.74) is 0. The molecule has 0 aliphatic carbocycles. The fourth-order valence-electron chi connectivity index (χ4n) is 1.09. The SMILES string of the molecule is O=C(NCCCC(F)(F)F)N[C@@H](CCO)C(=O)O. The Labute approximate surface area is 101 Å². The van der Waals surface area contributed by atoms with Crippen LogP contribution in [0.4, 0.5) is 18.0 Å². The Kier molecular flexibility index (Phi) is 7.10. The number of alkyl halides is 3. The molecule has 0 saturated heterocycles. The zero-order chi connectivity index (χ0) is 14.2. The number of aliphatic hydroxyl groups excluding tert-OH is 1. The van der Waals surface area contributed by atoms with Crippen LogP contribution in [0.3, 0.4) is 0 Å². The third-order valence-electron chi connectivity index (χ3n) is 1.94. The average Bonchev–Trinajstić information content (AvgIpc) is 2.22. The molecule has 1 atom stereocenters. The van der Waals surface area contributed by atoms with Crippen LogP contribution in [0.25, 0.3) is 0 Å². The highest BCUT2D eigenvalue weighted by molar-refractivity contribution is 5.82. The van der Waals surface area contributed by atoms with Gasteiger partial charge in [0.2, 0.25) is 0 Å². The first-order chi connectivity index (χ1) is 8.26. The molecule has 6 nitrogen and oxygen atoms in total. The minimum atomic E-state index is -4.28. The van der Waals surface area contributed by atoms with Gasteiger partial charge in [0.1, 0.15) is 6.04 Å². The number of rotatable bonds is 7. The van der Waals surface area contributed by atoms with Crippen LogP contribution in [0.5, 0.6) is 0 Å². The van der Waals surface area contributed by atoms with Crippen LogP contribution < -0.4 is 10.6 Å². The lowest BCUT2D eigenvalue weighted by Gasteiger charge is -2.14. The van der Waals surface area contributed by atoms with Gasteiger partial charge in [-0.3, -0.25) is 0 Å². The molecule has 106 valence electrons. The van der Waals surface area contributed by atoms with Crippen molar-refractivity contribution in [3.05, 3.63) is 0 Å². The maximum Gasteiger partial charge on any atom is 0.389 e. The lowest BCUT2D eigenvalue weighted by molar-refractivity contribution is -0.139. The second kappa shape index (κ2) is 7.75. The molecule has 4 N–H and O–H groups in total. The first-order valence-electron chi connectivity index (χ1n) is 5.21. The number of aliphatic hydroxyl groups is 1. The monoisotopic (exact) mass is 272 g/mol. The number of nitrogens with one attached hydrogen (secondary N) is 2. The summed E-state index contributed by atoms with van der Waals surface area (Å²) in [6, 6.07) is -2.14. The van der Waals surface area contributed by atoms with Crippen molar-refractivity contribution < 1.29 is 33.0 Å². The van der Waals surface area contributed by atoms with Gasteiger partial charge in [0.05, 0.1) is 0 Å². The Hall–Kier alpha value is -1.51. The van der Waals surface area contributed by atoms with Crippen molar-refractivity contribution in [2.75, 3.05) is 13.2 Å². The molecule has 0 rings (SSSR count). The van der Waals surface area contributed by atoms with E-state index in [0.29, 0.717) is 0 Å². The van der Waals surface area contributed by atoms with E-state index in [4.69, 9.17) is 10.2 Å². The second-order valence-corrected chi connectivity index (χ2v) is 3.52. The predicted molar refractivity (Wildman–Crippen MR) is 55.0 cm³/mol. The molecule has 0 aromatic rings. The lowest BCUT2D eigenvalue weighted by atomic mass is 10.2.